The number of benzene rings is 3. The van der Waals surface area contributed by atoms with Crippen molar-refractivity contribution in [2.75, 3.05) is 0 Å². The zero-order valence-electron chi connectivity index (χ0n) is 26.5. The minimum absolute atomic E-state index is 0. The Hall–Kier alpha value is -5.38. The van der Waals surface area contributed by atoms with Gasteiger partial charge in [0.2, 0.25) is 0 Å². The molecule has 8 bridgehead atoms. The van der Waals surface area contributed by atoms with Crippen molar-refractivity contribution in [1.82, 2.24) is 29.9 Å². The Bertz CT molecular complexity index is 2280. The number of nitrogens with zero attached hydrogens (tertiary/aromatic N) is 4. The maximum absolute atomic E-state index is 4.62. The first kappa shape index (κ1) is 33.5. The number of nitrogens with one attached hydrogen (secondary N) is 2. The van der Waals surface area contributed by atoms with E-state index in [1.54, 1.807) is 12.4 Å². The second-order valence-electron chi connectivity index (χ2n) is 11.4. The fourth-order valence-electron chi connectivity index (χ4n) is 5.93. The molecule has 0 amide bonds. The molecule has 4 aromatic heterocycles. The molecule has 6 nitrogen and oxygen atoms in total. The van der Waals surface area contributed by atoms with Crippen LogP contribution < -0.4 is 0 Å². The number of para-hydroxylation sites is 2. The molecule has 49 heavy (non-hydrogen) atoms. The molecule has 232 valence electrons. The van der Waals surface area contributed by atoms with E-state index in [1.165, 1.54) is 22.3 Å². The van der Waals surface area contributed by atoms with Gasteiger partial charge >= 0.3 is 0 Å². The average Bonchev–Trinajstić information content (AvgIpc) is 3.95. The van der Waals surface area contributed by atoms with Gasteiger partial charge in [0.05, 0.1) is 33.8 Å². The van der Waals surface area contributed by atoms with Crippen LogP contribution in [0.2, 0.25) is 0 Å². The molecule has 0 unspecified atom stereocenters. The van der Waals surface area contributed by atoms with Crippen molar-refractivity contribution < 1.29 is 0 Å². The molecule has 2 N–H and O–H groups in total. The van der Waals surface area contributed by atoms with Crippen LogP contribution in [-0.4, -0.2) is 64.8 Å². The van der Waals surface area contributed by atoms with Crippen LogP contribution in [0.1, 0.15) is 33.9 Å². The van der Waals surface area contributed by atoms with Crippen molar-refractivity contribution in [3.05, 3.63) is 168 Å². The molecule has 0 saturated carbocycles. The molecule has 1 aliphatic carbocycles. The number of fused-ring (bicyclic) bond motifs is 12. The van der Waals surface area contributed by atoms with Crippen molar-refractivity contribution in [1.29, 1.82) is 0 Å². The Morgan fingerprint density at radius 2 is 0.816 bits per heavy atom. The van der Waals surface area contributed by atoms with Gasteiger partial charge in [0.15, 0.2) is 0 Å². The molecular weight excluding hydrogens is 723 g/mol. The van der Waals surface area contributed by atoms with Crippen LogP contribution in [-0.2, 0) is 6.42 Å². The molecule has 0 spiro atoms. The van der Waals surface area contributed by atoms with Gasteiger partial charge in [-0.25, -0.2) is 9.97 Å². The van der Waals surface area contributed by atoms with Crippen molar-refractivity contribution in [3.8, 4) is 11.1 Å². The van der Waals surface area contributed by atoms with Crippen molar-refractivity contribution in [2.24, 2.45) is 0 Å². The molecular formula is C41H30N6SiSn. The van der Waals surface area contributed by atoms with Crippen molar-refractivity contribution >= 4 is 92.3 Å². The van der Waals surface area contributed by atoms with E-state index in [9.17, 15) is 0 Å². The van der Waals surface area contributed by atoms with Gasteiger partial charge in [0.25, 0.3) is 0 Å². The first-order chi connectivity index (χ1) is 23.2. The van der Waals surface area contributed by atoms with Gasteiger partial charge in [0.1, 0.15) is 0 Å². The first-order valence-electron chi connectivity index (χ1n) is 15.6. The van der Waals surface area contributed by atoms with Crippen molar-refractivity contribution in [3.63, 3.8) is 0 Å². The molecule has 3 aromatic carbocycles. The predicted molar refractivity (Wildman–Crippen MR) is 205 cm³/mol. The monoisotopic (exact) mass is 754 g/mol. The third-order valence-corrected chi connectivity index (χ3v) is 8.12. The largest absolute Gasteiger partial charge is 0.355 e. The van der Waals surface area contributed by atoms with Crippen LogP contribution in [0.3, 0.4) is 0 Å². The van der Waals surface area contributed by atoms with Gasteiger partial charge in [0, 0.05) is 69.3 Å². The van der Waals surface area contributed by atoms with Gasteiger partial charge in [-0.15, -0.1) is 0 Å². The predicted octanol–water partition coefficient (Wildman–Crippen LogP) is 8.78. The molecule has 6 heterocycles. The van der Waals surface area contributed by atoms with Crippen LogP contribution in [0.15, 0.2) is 134 Å². The molecule has 0 saturated heterocycles. The Morgan fingerprint density at radius 3 is 1.29 bits per heavy atom. The Balaban J connectivity index is 0.000000140. The standard InChI is InChI=1S/C20H14N4.C13H10.C8H6N2.Si.Sn/c1-2-14-10-16-5-6-18(23-16)12-20-8-7-19(24-20)11-17-4-3-15(22-17)9-13(1)21-14;1-3-7-12-10(5-1)9-11-6-2-4-8-13(11)12;1-2-4-8-7(3-1)9-5-6-10-8;;/h1-12,21-22H;1-8H,9H2;1-6H;;. The number of hydrogen-bond donors (Lipinski definition) is 2. The minimum Gasteiger partial charge on any atom is -0.355 e. The van der Waals surface area contributed by atoms with E-state index < -0.39 is 0 Å². The Labute approximate surface area is 305 Å². The number of hydrogen-bond acceptors (Lipinski definition) is 4. The molecule has 3 aliphatic rings. The summed E-state index contributed by atoms with van der Waals surface area (Å²) in [7, 11) is 0. The van der Waals surface area contributed by atoms with E-state index in [0.717, 1.165) is 62.3 Å². The molecule has 7 aromatic rings. The summed E-state index contributed by atoms with van der Waals surface area (Å²) in [4.78, 5) is 24.3. The zero-order valence-corrected chi connectivity index (χ0v) is 30.4. The van der Waals surface area contributed by atoms with Gasteiger partial charge in [-0.05, 0) is 114 Å². The summed E-state index contributed by atoms with van der Waals surface area (Å²) in [6, 6.07) is 41.5. The van der Waals surface area contributed by atoms with E-state index in [-0.39, 0.29) is 34.9 Å². The molecule has 8 heteroatoms. The Kier molecular flexibility index (Phi) is 10.4. The van der Waals surface area contributed by atoms with Crippen LogP contribution in [0.4, 0.5) is 0 Å². The average molecular weight is 754 g/mol. The number of H-pyrrole nitrogens is 2. The summed E-state index contributed by atoms with van der Waals surface area (Å²) in [5.74, 6) is 0. The van der Waals surface area contributed by atoms with Crippen LogP contribution >= 0.6 is 0 Å². The summed E-state index contributed by atoms with van der Waals surface area (Å²) in [5.41, 5.74) is 15.5. The van der Waals surface area contributed by atoms with E-state index in [4.69, 9.17) is 0 Å². The number of rotatable bonds is 0. The normalized spacial score (nSPS) is 11.5. The summed E-state index contributed by atoms with van der Waals surface area (Å²) in [6.45, 7) is 0. The minimum atomic E-state index is 0. The molecule has 0 atom stereocenters. The molecule has 0 fully saturated rings. The molecule has 2 aliphatic heterocycles. The van der Waals surface area contributed by atoms with Crippen LogP contribution in [0, 0.1) is 0 Å². The summed E-state index contributed by atoms with van der Waals surface area (Å²) in [6.07, 6.45) is 12.5. The van der Waals surface area contributed by atoms with Gasteiger partial charge in [-0.3, -0.25) is 9.97 Å². The van der Waals surface area contributed by atoms with E-state index >= 15 is 0 Å². The summed E-state index contributed by atoms with van der Waals surface area (Å²) < 4.78 is 0. The fourth-order valence-corrected chi connectivity index (χ4v) is 5.93. The van der Waals surface area contributed by atoms with E-state index in [2.05, 4.69) is 109 Å². The summed E-state index contributed by atoms with van der Waals surface area (Å²) >= 11 is 0. The molecule has 8 radical (unpaired) electrons. The number of aromatic amines is 2. The Morgan fingerprint density at radius 1 is 0.429 bits per heavy atom. The fraction of sp³-hybridized carbons (Fsp3) is 0.0244. The second kappa shape index (κ2) is 15.2. The summed E-state index contributed by atoms with van der Waals surface area (Å²) in [5, 5.41) is 0. The maximum atomic E-state index is 4.62. The van der Waals surface area contributed by atoms with Crippen LogP contribution in [0.5, 0.6) is 0 Å². The first-order valence-corrected chi connectivity index (χ1v) is 15.6. The number of aromatic nitrogens is 6. The van der Waals surface area contributed by atoms with Crippen LogP contribution in [0.25, 0.3) is 68.5 Å². The smallest absolute Gasteiger partial charge is 0.0886 e. The van der Waals surface area contributed by atoms with Gasteiger partial charge in [-0.2, -0.15) is 0 Å². The third kappa shape index (κ3) is 7.85. The topological polar surface area (TPSA) is 83.1 Å². The quantitative estimate of drug-likeness (QED) is 0.152. The van der Waals surface area contributed by atoms with Gasteiger partial charge in [-0.1, -0.05) is 60.7 Å². The third-order valence-electron chi connectivity index (χ3n) is 8.12. The van der Waals surface area contributed by atoms with Gasteiger partial charge < -0.3 is 9.97 Å². The van der Waals surface area contributed by atoms with E-state index in [1.807, 2.05) is 66.8 Å². The van der Waals surface area contributed by atoms with Crippen molar-refractivity contribution in [2.45, 2.75) is 6.42 Å². The maximum Gasteiger partial charge on any atom is 0.0886 e. The SMILES string of the molecule is C1=Cc2cc3ccc(cc4ccc(cc5nc(cc1n2)C=C5)[nH]4)[nH]3.[Si].[Sn].c1ccc2c(c1)Cc1ccccc1-2.c1ccc2nccnc2c1. The zero-order chi connectivity index (χ0) is 31.4. The molecule has 10 rings (SSSR count). The second-order valence-corrected chi connectivity index (χ2v) is 11.4. The van der Waals surface area contributed by atoms with E-state index in [0.29, 0.717) is 0 Å².